The van der Waals surface area contributed by atoms with Crippen LogP contribution < -0.4 is 0 Å². The first-order valence-corrected chi connectivity index (χ1v) is 10.8. The Balaban J connectivity index is 2.49. The summed E-state index contributed by atoms with van der Waals surface area (Å²) in [5.74, 6) is 0.989. The van der Waals surface area contributed by atoms with Crippen molar-refractivity contribution in [1.29, 1.82) is 0 Å². The second-order valence-electron chi connectivity index (χ2n) is 4.74. The van der Waals surface area contributed by atoms with E-state index >= 15 is 0 Å². The highest BCUT2D eigenvalue weighted by Gasteiger charge is 2.35. The minimum Gasteiger partial charge on any atom is -0.166 e. The average Bonchev–Trinajstić information content (AvgIpc) is 2.41. The van der Waals surface area contributed by atoms with Crippen LogP contribution in [0, 0.1) is 0 Å². The van der Waals surface area contributed by atoms with E-state index in [-0.39, 0.29) is 0 Å². The number of hydrogen-bond acceptors (Lipinski definition) is 0. The Kier molecular flexibility index (Phi) is 4.61. The van der Waals surface area contributed by atoms with Crippen LogP contribution in [0.3, 0.4) is 0 Å². The average molecular weight is 293 g/mol. The van der Waals surface area contributed by atoms with E-state index in [1.807, 2.05) is 0 Å². The van der Waals surface area contributed by atoms with E-state index in [1.165, 1.54) is 11.1 Å². The van der Waals surface area contributed by atoms with Gasteiger partial charge in [0, 0.05) is 5.54 Å². The van der Waals surface area contributed by atoms with Crippen molar-refractivity contribution in [2.75, 3.05) is 5.79 Å². The number of rotatable bonds is 4. The molecular formula is C15H18ClPSi. The van der Waals surface area contributed by atoms with Gasteiger partial charge < -0.3 is 0 Å². The third kappa shape index (κ3) is 3.03. The van der Waals surface area contributed by atoms with Crippen molar-refractivity contribution in [1.82, 2.24) is 0 Å². The molecule has 94 valence electrons. The van der Waals surface area contributed by atoms with Crippen LogP contribution in [0.25, 0.3) is 0 Å². The van der Waals surface area contributed by atoms with Gasteiger partial charge in [0.1, 0.15) is 0 Å². The molecule has 2 atom stereocenters. The molecule has 2 aromatic rings. The highest BCUT2D eigenvalue weighted by molar-refractivity contribution is 7.34. The molecule has 0 saturated heterocycles. The van der Waals surface area contributed by atoms with Crippen LogP contribution in [0.4, 0.5) is 0 Å². The molecule has 0 aliphatic heterocycles. The summed E-state index contributed by atoms with van der Waals surface area (Å²) in [6, 6.07) is 21.2. The van der Waals surface area contributed by atoms with Gasteiger partial charge in [-0.15, -0.1) is 9.24 Å². The lowest BCUT2D eigenvalue weighted by molar-refractivity contribution is 1.09. The lowest BCUT2D eigenvalue weighted by atomic mass is 10.0. The van der Waals surface area contributed by atoms with E-state index in [9.17, 15) is 0 Å². The fourth-order valence-corrected chi connectivity index (χ4v) is 5.77. The molecule has 0 aliphatic carbocycles. The Bertz CT molecular complexity index is 445. The van der Waals surface area contributed by atoms with Crippen molar-refractivity contribution in [3.63, 3.8) is 0 Å². The summed E-state index contributed by atoms with van der Waals surface area (Å²) in [5.41, 5.74) is 3.00. The zero-order valence-electron chi connectivity index (χ0n) is 10.5. The van der Waals surface area contributed by atoms with Crippen molar-refractivity contribution in [2.24, 2.45) is 0 Å². The fourth-order valence-electron chi connectivity index (χ4n) is 2.30. The number of hydrogen-bond donors (Lipinski definition) is 0. The van der Waals surface area contributed by atoms with Crippen molar-refractivity contribution >= 4 is 27.7 Å². The maximum absolute atomic E-state index is 6.87. The van der Waals surface area contributed by atoms with E-state index in [4.69, 9.17) is 11.1 Å². The Hall–Kier alpha value is -0.623. The van der Waals surface area contributed by atoms with Gasteiger partial charge in [0.2, 0.25) is 0 Å². The molecule has 0 saturated carbocycles. The van der Waals surface area contributed by atoms with Crippen molar-refractivity contribution < 1.29 is 0 Å². The van der Waals surface area contributed by atoms with E-state index in [2.05, 4.69) is 76.5 Å². The molecule has 0 bridgehead atoms. The molecule has 0 aliphatic rings. The van der Waals surface area contributed by atoms with Gasteiger partial charge in [-0.3, -0.25) is 0 Å². The Morgan fingerprint density at radius 3 is 1.67 bits per heavy atom. The predicted octanol–water partition coefficient (Wildman–Crippen LogP) is 4.59. The van der Waals surface area contributed by atoms with Gasteiger partial charge in [0.15, 0.2) is 7.38 Å². The molecule has 0 nitrogen and oxygen atoms in total. The van der Waals surface area contributed by atoms with Gasteiger partial charge in [0.05, 0.1) is 0 Å². The summed E-state index contributed by atoms with van der Waals surface area (Å²) in [6.07, 6.45) is 0. The second kappa shape index (κ2) is 6.01. The minimum atomic E-state index is -1.85. The predicted molar refractivity (Wildman–Crippen MR) is 86.8 cm³/mol. The zero-order chi connectivity index (χ0) is 13.0. The van der Waals surface area contributed by atoms with Crippen molar-refractivity contribution in [3.8, 4) is 0 Å². The van der Waals surface area contributed by atoms with Crippen molar-refractivity contribution in [2.45, 2.75) is 12.1 Å². The standard InChI is InChI=1S/C15H18ClPSi/c1-18(16,12-17)15(13-8-4-2-5-9-13)14-10-6-3-7-11-14/h2-11,15H,12,17H2,1H3. The van der Waals surface area contributed by atoms with Crippen LogP contribution in [0.15, 0.2) is 60.7 Å². The molecular weight excluding hydrogens is 275 g/mol. The highest BCUT2D eigenvalue weighted by atomic mass is 35.6. The van der Waals surface area contributed by atoms with Crippen LogP contribution in [0.2, 0.25) is 6.55 Å². The molecule has 2 unspecified atom stereocenters. The summed E-state index contributed by atoms with van der Waals surface area (Å²) in [6.45, 7) is 2.24. The van der Waals surface area contributed by atoms with E-state index in [0.29, 0.717) is 5.54 Å². The van der Waals surface area contributed by atoms with E-state index < -0.39 is 7.38 Å². The quantitative estimate of drug-likeness (QED) is 0.439. The van der Waals surface area contributed by atoms with Gasteiger partial charge in [-0.2, -0.15) is 11.1 Å². The highest BCUT2D eigenvalue weighted by Crippen LogP contribution is 2.37. The first-order chi connectivity index (χ1) is 8.65. The maximum Gasteiger partial charge on any atom is 0.168 e. The summed E-state index contributed by atoms with van der Waals surface area (Å²) < 4.78 is 0. The van der Waals surface area contributed by atoms with Crippen LogP contribution in [-0.2, 0) is 0 Å². The van der Waals surface area contributed by atoms with Crippen molar-refractivity contribution in [3.05, 3.63) is 71.8 Å². The maximum atomic E-state index is 6.87. The normalized spacial score (nSPS) is 14.4. The summed E-state index contributed by atoms with van der Waals surface area (Å²) >= 11 is 6.87. The molecule has 0 N–H and O–H groups in total. The first kappa shape index (κ1) is 13.8. The SMILES string of the molecule is C[Si](Cl)(CP)C(c1ccccc1)c1ccccc1. The monoisotopic (exact) mass is 292 g/mol. The molecule has 0 amide bonds. The fraction of sp³-hybridized carbons (Fsp3) is 0.200. The lowest BCUT2D eigenvalue weighted by Gasteiger charge is -2.29. The molecule has 0 heterocycles. The molecule has 2 aromatic carbocycles. The number of benzene rings is 2. The number of halogens is 1. The van der Waals surface area contributed by atoms with E-state index in [1.54, 1.807) is 0 Å². The molecule has 0 fully saturated rings. The smallest absolute Gasteiger partial charge is 0.166 e. The largest absolute Gasteiger partial charge is 0.168 e. The summed E-state index contributed by atoms with van der Waals surface area (Å²) in [4.78, 5) is 0. The van der Waals surface area contributed by atoms with Gasteiger partial charge in [0.25, 0.3) is 0 Å². The van der Waals surface area contributed by atoms with Gasteiger partial charge >= 0.3 is 0 Å². The molecule has 0 aromatic heterocycles. The molecule has 18 heavy (non-hydrogen) atoms. The second-order valence-corrected chi connectivity index (χ2v) is 12.1. The van der Waals surface area contributed by atoms with Gasteiger partial charge in [-0.1, -0.05) is 67.2 Å². The molecule has 0 radical (unpaired) electrons. The van der Waals surface area contributed by atoms with Crippen LogP contribution >= 0.6 is 20.3 Å². The Morgan fingerprint density at radius 1 is 0.944 bits per heavy atom. The van der Waals surface area contributed by atoms with Crippen LogP contribution in [0.5, 0.6) is 0 Å². The summed E-state index contributed by atoms with van der Waals surface area (Å²) in [5, 5.41) is 0. The lowest BCUT2D eigenvalue weighted by Crippen LogP contribution is -2.35. The third-order valence-corrected chi connectivity index (χ3v) is 10.4. The molecule has 0 spiro atoms. The molecule has 2 rings (SSSR count). The minimum absolute atomic E-state index is 0.346. The Labute approximate surface area is 117 Å². The first-order valence-electron chi connectivity index (χ1n) is 6.14. The van der Waals surface area contributed by atoms with Crippen LogP contribution in [0.1, 0.15) is 16.7 Å². The zero-order valence-corrected chi connectivity index (χ0v) is 13.4. The van der Waals surface area contributed by atoms with E-state index in [0.717, 1.165) is 5.79 Å². The topological polar surface area (TPSA) is 0 Å². The third-order valence-electron chi connectivity index (χ3n) is 3.27. The van der Waals surface area contributed by atoms with Crippen LogP contribution in [-0.4, -0.2) is 13.2 Å². The molecule has 3 heteroatoms. The summed E-state index contributed by atoms with van der Waals surface area (Å²) in [7, 11) is 0.971. The van der Waals surface area contributed by atoms with Gasteiger partial charge in [-0.25, -0.2) is 0 Å². The Morgan fingerprint density at radius 2 is 1.33 bits per heavy atom. The van der Waals surface area contributed by atoms with Gasteiger partial charge in [-0.05, 0) is 16.9 Å².